The molecule has 20 heavy (non-hydrogen) atoms. The van der Waals surface area contributed by atoms with Crippen LogP contribution in [0.1, 0.15) is 71.1 Å². The molecule has 0 radical (unpaired) electrons. The average Bonchev–Trinajstić information content (AvgIpc) is 2.43. The third kappa shape index (κ3) is 4.43. The van der Waals surface area contributed by atoms with Gasteiger partial charge in [0.15, 0.2) is 0 Å². The zero-order valence-corrected chi connectivity index (χ0v) is 12.8. The number of carbonyl (C=O) groups is 2. The summed E-state index contributed by atoms with van der Waals surface area (Å²) in [7, 11) is 0. The van der Waals surface area contributed by atoms with Gasteiger partial charge in [0.25, 0.3) is 0 Å². The van der Waals surface area contributed by atoms with Crippen LogP contribution in [0.25, 0.3) is 0 Å². The van der Waals surface area contributed by atoms with Gasteiger partial charge in [-0.3, -0.25) is 9.59 Å². The van der Waals surface area contributed by atoms with Crippen LogP contribution in [0.5, 0.6) is 0 Å². The lowest BCUT2D eigenvalue weighted by atomic mass is 9.67. The van der Waals surface area contributed by atoms with Crippen LogP contribution in [0.2, 0.25) is 0 Å². The summed E-state index contributed by atoms with van der Waals surface area (Å²) in [5.74, 6) is 0.230. The van der Waals surface area contributed by atoms with Crippen molar-refractivity contribution in [3.63, 3.8) is 0 Å². The molecular weight excluding hydrogens is 248 g/mol. The quantitative estimate of drug-likeness (QED) is 0.345. The van der Waals surface area contributed by atoms with E-state index in [2.05, 4.69) is 19.6 Å². The molecular formula is C18H28O2. The summed E-state index contributed by atoms with van der Waals surface area (Å²) in [5.41, 5.74) is -0.792. The second-order valence-electron chi connectivity index (χ2n) is 5.80. The molecule has 1 fully saturated rings. The molecule has 0 atom stereocenters. The van der Waals surface area contributed by atoms with E-state index in [1.165, 1.54) is 25.7 Å². The van der Waals surface area contributed by atoms with E-state index in [1.807, 2.05) is 6.08 Å². The standard InChI is InChI=1S/C18H28O2/c1-3-5-6-7-8-9-10-15-18(14-4-2)16(19)12-11-13-17(18)20/h4,9-10H,2-3,5-8,11-15H2,1H3/b10-9+. The van der Waals surface area contributed by atoms with Crippen molar-refractivity contribution in [2.75, 3.05) is 0 Å². The van der Waals surface area contributed by atoms with Crippen LogP contribution in [-0.2, 0) is 9.59 Å². The van der Waals surface area contributed by atoms with Crippen LogP contribution in [0.3, 0.4) is 0 Å². The summed E-state index contributed by atoms with van der Waals surface area (Å²) in [6.07, 6.45) is 14.8. The Hall–Kier alpha value is -1.18. The first-order chi connectivity index (χ1) is 9.67. The SMILES string of the molecule is C=CCC1(C/C=C/CCCCCC)C(=O)CCCC1=O. The Balaban J connectivity index is 2.54. The fraction of sp³-hybridized carbons (Fsp3) is 0.667. The van der Waals surface area contributed by atoms with E-state index in [0.717, 1.165) is 12.8 Å². The van der Waals surface area contributed by atoms with E-state index in [4.69, 9.17) is 0 Å². The van der Waals surface area contributed by atoms with Gasteiger partial charge in [0.2, 0.25) is 0 Å². The van der Waals surface area contributed by atoms with E-state index in [1.54, 1.807) is 6.08 Å². The summed E-state index contributed by atoms with van der Waals surface area (Å²) in [6, 6.07) is 0. The fourth-order valence-corrected chi connectivity index (χ4v) is 2.92. The first kappa shape index (κ1) is 16.9. The molecule has 0 unspecified atom stereocenters. The summed E-state index contributed by atoms with van der Waals surface area (Å²) in [5, 5.41) is 0. The second-order valence-corrected chi connectivity index (χ2v) is 5.80. The molecule has 1 rings (SSSR count). The zero-order chi connectivity index (χ0) is 14.8. The van der Waals surface area contributed by atoms with Crippen LogP contribution in [0, 0.1) is 5.41 Å². The van der Waals surface area contributed by atoms with E-state index in [-0.39, 0.29) is 11.6 Å². The molecule has 1 aliphatic rings. The minimum atomic E-state index is -0.792. The minimum Gasteiger partial charge on any atom is -0.299 e. The number of Topliss-reactive ketones (excluding diaryl/α,β-unsaturated/α-hetero) is 2. The van der Waals surface area contributed by atoms with Gasteiger partial charge >= 0.3 is 0 Å². The number of allylic oxidation sites excluding steroid dienone is 3. The van der Waals surface area contributed by atoms with Gasteiger partial charge in [0.05, 0.1) is 5.41 Å². The van der Waals surface area contributed by atoms with Crippen molar-refractivity contribution in [2.24, 2.45) is 5.41 Å². The van der Waals surface area contributed by atoms with E-state index >= 15 is 0 Å². The molecule has 0 spiro atoms. The lowest BCUT2D eigenvalue weighted by molar-refractivity contribution is -0.143. The predicted octanol–water partition coefficient (Wildman–Crippen LogP) is 4.79. The monoisotopic (exact) mass is 276 g/mol. The maximum atomic E-state index is 12.2. The molecule has 0 saturated heterocycles. The normalized spacial score (nSPS) is 18.6. The van der Waals surface area contributed by atoms with E-state index in [9.17, 15) is 9.59 Å². The molecule has 0 N–H and O–H groups in total. The van der Waals surface area contributed by atoms with Crippen LogP contribution < -0.4 is 0 Å². The first-order valence-corrected chi connectivity index (χ1v) is 8.00. The van der Waals surface area contributed by atoms with Crippen LogP contribution in [0.15, 0.2) is 24.8 Å². The van der Waals surface area contributed by atoms with Gasteiger partial charge in [-0.05, 0) is 32.1 Å². The van der Waals surface area contributed by atoms with Gasteiger partial charge in [-0.25, -0.2) is 0 Å². The van der Waals surface area contributed by atoms with Gasteiger partial charge in [0, 0.05) is 12.8 Å². The number of carbonyl (C=O) groups excluding carboxylic acids is 2. The average molecular weight is 276 g/mol. The Morgan fingerprint density at radius 2 is 1.75 bits per heavy atom. The lowest BCUT2D eigenvalue weighted by Gasteiger charge is -2.32. The topological polar surface area (TPSA) is 34.1 Å². The largest absolute Gasteiger partial charge is 0.299 e. The van der Waals surface area contributed by atoms with Crippen molar-refractivity contribution in [1.82, 2.24) is 0 Å². The highest BCUT2D eigenvalue weighted by Crippen LogP contribution is 2.37. The number of hydrogen-bond acceptors (Lipinski definition) is 2. The molecule has 2 nitrogen and oxygen atoms in total. The third-order valence-corrected chi connectivity index (χ3v) is 4.23. The molecule has 0 amide bonds. The molecule has 0 aromatic rings. The van der Waals surface area contributed by atoms with Gasteiger partial charge in [0.1, 0.15) is 11.6 Å². The van der Waals surface area contributed by atoms with Crippen molar-refractivity contribution in [3.05, 3.63) is 24.8 Å². The number of ketones is 2. The lowest BCUT2D eigenvalue weighted by Crippen LogP contribution is -2.41. The highest BCUT2D eigenvalue weighted by atomic mass is 16.2. The van der Waals surface area contributed by atoms with Gasteiger partial charge in [-0.1, -0.05) is 44.4 Å². The van der Waals surface area contributed by atoms with Gasteiger partial charge < -0.3 is 0 Å². The smallest absolute Gasteiger partial charge is 0.147 e. The predicted molar refractivity (Wildman–Crippen MR) is 83.6 cm³/mol. The molecule has 0 aromatic heterocycles. The number of unbranched alkanes of at least 4 members (excludes halogenated alkanes) is 4. The van der Waals surface area contributed by atoms with Crippen molar-refractivity contribution in [1.29, 1.82) is 0 Å². The second kappa shape index (κ2) is 8.89. The first-order valence-electron chi connectivity index (χ1n) is 8.00. The molecule has 112 valence electrons. The molecule has 2 heteroatoms. The van der Waals surface area contributed by atoms with Crippen LogP contribution in [0.4, 0.5) is 0 Å². The van der Waals surface area contributed by atoms with E-state index in [0.29, 0.717) is 25.7 Å². The van der Waals surface area contributed by atoms with Gasteiger partial charge in [-0.2, -0.15) is 0 Å². The maximum absolute atomic E-state index is 12.2. The Bertz CT molecular complexity index is 350. The molecule has 0 bridgehead atoms. The van der Waals surface area contributed by atoms with E-state index < -0.39 is 5.41 Å². The van der Waals surface area contributed by atoms with Crippen molar-refractivity contribution in [2.45, 2.75) is 71.1 Å². The highest BCUT2D eigenvalue weighted by molar-refractivity contribution is 6.09. The zero-order valence-electron chi connectivity index (χ0n) is 12.8. The molecule has 0 aliphatic heterocycles. The summed E-state index contributed by atoms with van der Waals surface area (Å²) in [4.78, 5) is 24.4. The molecule has 0 heterocycles. The Morgan fingerprint density at radius 1 is 1.05 bits per heavy atom. The van der Waals surface area contributed by atoms with Crippen molar-refractivity contribution < 1.29 is 9.59 Å². The number of rotatable bonds is 9. The molecule has 0 aromatic carbocycles. The minimum absolute atomic E-state index is 0.115. The summed E-state index contributed by atoms with van der Waals surface area (Å²) >= 11 is 0. The van der Waals surface area contributed by atoms with Crippen molar-refractivity contribution in [3.8, 4) is 0 Å². The Labute approximate surface area is 123 Å². The summed E-state index contributed by atoms with van der Waals surface area (Å²) in [6.45, 7) is 5.92. The molecule has 1 aliphatic carbocycles. The highest BCUT2D eigenvalue weighted by Gasteiger charge is 2.44. The maximum Gasteiger partial charge on any atom is 0.147 e. The molecule has 1 saturated carbocycles. The number of hydrogen-bond donors (Lipinski definition) is 0. The Kier molecular flexibility index (Phi) is 7.50. The van der Waals surface area contributed by atoms with Crippen LogP contribution >= 0.6 is 0 Å². The van der Waals surface area contributed by atoms with Gasteiger partial charge in [-0.15, -0.1) is 6.58 Å². The van der Waals surface area contributed by atoms with Crippen LogP contribution in [-0.4, -0.2) is 11.6 Å². The Morgan fingerprint density at radius 3 is 2.35 bits per heavy atom. The summed E-state index contributed by atoms with van der Waals surface area (Å²) < 4.78 is 0. The fourth-order valence-electron chi connectivity index (χ4n) is 2.92. The van der Waals surface area contributed by atoms with Crippen molar-refractivity contribution >= 4 is 11.6 Å². The third-order valence-electron chi connectivity index (χ3n) is 4.23.